The quantitative estimate of drug-likeness (QED) is 0.354. The third-order valence-corrected chi connectivity index (χ3v) is 1.87. The second-order valence-corrected chi connectivity index (χ2v) is 3.37. The fraction of sp³-hybridized carbons (Fsp3) is 0.750. The van der Waals surface area contributed by atoms with E-state index in [2.05, 4.69) is 4.84 Å². The van der Waals surface area contributed by atoms with Crippen LogP contribution in [-0.2, 0) is 14.4 Å². The molecule has 0 radical (unpaired) electrons. The molecule has 0 rings (SSSR count). The number of nitrogens with two attached hydrogens (primary N) is 2. The second kappa shape index (κ2) is 7.16. The van der Waals surface area contributed by atoms with Crippen molar-refractivity contribution in [2.24, 2.45) is 11.6 Å². The van der Waals surface area contributed by atoms with Gasteiger partial charge in [-0.15, -0.1) is 0 Å². The van der Waals surface area contributed by atoms with Crippen molar-refractivity contribution in [2.45, 2.75) is 26.3 Å². The predicted octanol–water partition coefficient (Wildman–Crippen LogP) is -1.51. The smallest absolute Gasteiger partial charge is 0.327 e. The van der Waals surface area contributed by atoms with E-state index in [0.29, 0.717) is 6.54 Å². The zero-order valence-corrected chi connectivity index (χ0v) is 9.03. The molecule has 1 amide bonds. The first kappa shape index (κ1) is 13.8. The summed E-state index contributed by atoms with van der Waals surface area (Å²) < 4.78 is 0. The van der Waals surface area contributed by atoms with Gasteiger partial charge < -0.3 is 10.6 Å². The molecule has 0 aromatic rings. The minimum Gasteiger partial charge on any atom is -0.369 e. The lowest BCUT2D eigenvalue weighted by Crippen LogP contribution is -2.40. The Morgan fingerprint density at radius 2 is 2.07 bits per heavy atom. The highest BCUT2D eigenvalue weighted by Crippen LogP contribution is 1.99. The molecule has 0 saturated carbocycles. The van der Waals surface area contributed by atoms with Gasteiger partial charge in [-0.1, -0.05) is 5.59 Å². The molecular formula is C8H18N4O3. The number of nitrogens with zero attached hydrogens (tertiary/aromatic N) is 1. The average molecular weight is 218 g/mol. The van der Waals surface area contributed by atoms with Gasteiger partial charge in [0.25, 0.3) is 0 Å². The van der Waals surface area contributed by atoms with Crippen LogP contribution in [0.4, 0.5) is 0 Å². The van der Waals surface area contributed by atoms with Gasteiger partial charge in [-0.05, 0) is 13.8 Å². The summed E-state index contributed by atoms with van der Waals surface area (Å²) in [5.41, 5.74) is 6.87. The molecule has 0 spiro atoms. The van der Waals surface area contributed by atoms with E-state index >= 15 is 0 Å². The van der Waals surface area contributed by atoms with E-state index in [1.165, 1.54) is 0 Å². The molecule has 5 N–H and O–H groups in total. The van der Waals surface area contributed by atoms with Crippen molar-refractivity contribution in [1.29, 1.82) is 0 Å². The number of amides is 1. The molecule has 7 heteroatoms. The zero-order valence-electron chi connectivity index (χ0n) is 9.03. The van der Waals surface area contributed by atoms with Gasteiger partial charge in [-0.2, -0.15) is 0 Å². The van der Waals surface area contributed by atoms with E-state index in [0.717, 1.165) is 0 Å². The van der Waals surface area contributed by atoms with Gasteiger partial charge in [0.1, 0.15) is 0 Å². The van der Waals surface area contributed by atoms with Gasteiger partial charge in [0, 0.05) is 12.6 Å². The minimum absolute atomic E-state index is 0.126. The fourth-order valence-corrected chi connectivity index (χ4v) is 1.07. The summed E-state index contributed by atoms with van der Waals surface area (Å²) in [5, 5.41) is 0. The Bertz CT molecular complexity index is 220. The normalized spacial score (nSPS) is 10.7. The Balaban J connectivity index is 3.96. The molecule has 0 aromatic heterocycles. The molecule has 0 atom stereocenters. The summed E-state index contributed by atoms with van der Waals surface area (Å²) in [6.45, 7) is 4.35. The van der Waals surface area contributed by atoms with Gasteiger partial charge >= 0.3 is 5.97 Å². The number of carbonyl (C=O) groups excluding carboxylic acids is 2. The molecule has 15 heavy (non-hydrogen) atoms. The summed E-state index contributed by atoms with van der Waals surface area (Å²) in [6.07, 6.45) is 0.148. The maximum absolute atomic E-state index is 10.9. The Morgan fingerprint density at radius 1 is 1.47 bits per heavy atom. The lowest BCUT2D eigenvalue weighted by Gasteiger charge is -2.24. The summed E-state index contributed by atoms with van der Waals surface area (Å²) >= 11 is 0. The Hall–Kier alpha value is -1.18. The van der Waals surface area contributed by atoms with E-state index in [1.54, 1.807) is 10.5 Å². The minimum atomic E-state index is -0.479. The van der Waals surface area contributed by atoms with Crippen molar-refractivity contribution in [2.75, 3.05) is 13.1 Å². The van der Waals surface area contributed by atoms with Gasteiger partial charge in [0.05, 0.1) is 13.0 Å². The van der Waals surface area contributed by atoms with Crippen LogP contribution < -0.4 is 17.2 Å². The molecule has 88 valence electrons. The van der Waals surface area contributed by atoms with Crippen molar-refractivity contribution in [3.05, 3.63) is 0 Å². The second-order valence-electron chi connectivity index (χ2n) is 3.37. The summed E-state index contributed by atoms with van der Waals surface area (Å²) in [5.74, 6) is 3.89. The molecule has 0 fully saturated rings. The Morgan fingerprint density at radius 3 is 2.47 bits per heavy atom. The molecular weight excluding hydrogens is 200 g/mol. The maximum Gasteiger partial charge on any atom is 0.327 e. The first-order chi connectivity index (χ1) is 6.97. The Kier molecular flexibility index (Phi) is 6.59. The van der Waals surface area contributed by atoms with E-state index in [4.69, 9.17) is 11.6 Å². The summed E-state index contributed by atoms with van der Waals surface area (Å²) in [4.78, 5) is 27.8. The van der Waals surface area contributed by atoms with Crippen LogP contribution in [0.2, 0.25) is 0 Å². The fourth-order valence-electron chi connectivity index (χ4n) is 1.07. The number of carbonyl (C=O) groups is 2. The van der Waals surface area contributed by atoms with Crippen molar-refractivity contribution in [1.82, 2.24) is 10.5 Å². The SMILES string of the molecule is CC(C)N(CCC(=O)ONN)CC(N)=O. The first-order valence-electron chi connectivity index (χ1n) is 4.65. The van der Waals surface area contributed by atoms with Crippen LogP contribution in [0.3, 0.4) is 0 Å². The van der Waals surface area contributed by atoms with Crippen LogP contribution >= 0.6 is 0 Å². The lowest BCUT2D eigenvalue weighted by atomic mass is 10.3. The molecule has 0 unspecified atom stereocenters. The van der Waals surface area contributed by atoms with Crippen LogP contribution in [-0.4, -0.2) is 35.9 Å². The van der Waals surface area contributed by atoms with E-state index in [1.807, 2.05) is 13.8 Å². The molecule has 0 saturated heterocycles. The average Bonchev–Trinajstić information content (AvgIpc) is 2.11. The third kappa shape index (κ3) is 6.83. The molecule has 0 aliphatic heterocycles. The van der Waals surface area contributed by atoms with Gasteiger partial charge in [0.15, 0.2) is 0 Å². The zero-order chi connectivity index (χ0) is 11.8. The topological polar surface area (TPSA) is 111 Å². The van der Waals surface area contributed by atoms with Crippen LogP contribution in [0.15, 0.2) is 0 Å². The molecule has 0 aliphatic rings. The standard InChI is InChI=1S/C8H18N4O3/c1-6(2)12(5-7(9)13)4-3-8(14)15-11-10/h6,11H,3-5,10H2,1-2H3,(H2,9,13). The number of rotatable bonds is 7. The number of nitrogens with one attached hydrogen (secondary N) is 1. The summed E-state index contributed by atoms with van der Waals surface area (Å²) in [7, 11) is 0. The molecule has 0 bridgehead atoms. The van der Waals surface area contributed by atoms with E-state index in [9.17, 15) is 9.59 Å². The van der Waals surface area contributed by atoms with Crippen LogP contribution in [0.25, 0.3) is 0 Å². The summed E-state index contributed by atoms with van der Waals surface area (Å²) in [6, 6.07) is 0.135. The third-order valence-electron chi connectivity index (χ3n) is 1.87. The monoisotopic (exact) mass is 218 g/mol. The van der Waals surface area contributed by atoms with E-state index < -0.39 is 11.9 Å². The number of hydrazine groups is 1. The predicted molar refractivity (Wildman–Crippen MR) is 53.9 cm³/mol. The molecule has 0 aliphatic carbocycles. The van der Waals surface area contributed by atoms with E-state index in [-0.39, 0.29) is 19.0 Å². The number of hydrogen-bond donors (Lipinski definition) is 3. The van der Waals surface area contributed by atoms with Crippen molar-refractivity contribution in [3.8, 4) is 0 Å². The largest absolute Gasteiger partial charge is 0.369 e. The number of hydrogen-bond acceptors (Lipinski definition) is 6. The van der Waals surface area contributed by atoms with Crippen LogP contribution in [0.5, 0.6) is 0 Å². The van der Waals surface area contributed by atoms with Crippen molar-refractivity contribution in [3.63, 3.8) is 0 Å². The van der Waals surface area contributed by atoms with Gasteiger partial charge in [-0.25, -0.2) is 5.84 Å². The van der Waals surface area contributed by atoms with Crippen LogP contribution in [0.1, 0.15) is 20.3 Å². The lowest BCUT2D eigenvalue weighted by molar-refractivity contribution is -0.151. The van der Waals surface area contributed by atoms with Crippen molar-refractivity contribution < 1.29 is 14.4 Å². The highest BCUT2D eigenvalue weighted by molar-refractivity contribution is 5.76. The highest BCUT2D eigenvalue weighted by Gasteiger charge is 2.14. The first-order valence-corrected chi connectivity index (χ1v) is 4.65. The highest BCUT2D eigenvalue weighted by atomic mass is 16.7. The molecule has 0 heterocycles. The van der Waals surface area contributed by atoms with Crippen molar-refractivity contribution >= 4 is 11.9 Å². The number of primary amides is 1. The Labute approximate surface area is 88.6 Å². The molecule has 0 aromatic carbocycles. The van der Waals surface area contributed by atoms with Crippen LogP contribution in [0, 0.1) is 0 Å². The maximum atomic E-state index is 10.9. The molecule has 7 nitrogen and oxygen atoms in total. The van der Waals surface area contributed by atoms with Gasteiger partial charge in [-0.3, -0.25) is 14.5 Å². The van der Waals surface area contributed by atoms with Gasteiger partial charge in [0.2, 0.25) is 5.91 Å².